The number of benzene rings is 2. The van der Waals surface area contributed by atoms with Crippen LogP contribution in [-0.2, 0) is 17.9 Å². The van der Waals surface area contributed by atoms with Crippen LogP contribution in [0.15, 0.2) is 47.3 Å². The Balaban J connectivity index is 1.43. The van der Waals surface area contributed by atoms with E-state index in [4.69, 9.17) is 0 Å². The number of carbonyl (C=O) groups excluding carboxylic acids is 2. The van der Waals surface area contributed by atoms with Gasteiger partial charge in [-0.05, 0) is 75.9 Å². The third-order valence-electron chi connectivity index (χ3n) is 6.62. The molecule has 2 heterocycles. The summed E-state index contributed by atoms with van der Waals surface area (Å²) in [4.78, 5) is 40.3. The van der Waals surface area contributed by atoms with Crippen LogP contribution in [0.3, 0.4) is 0 Å². The van der Waals surface area contributed by atoms with Gasteiger partial charge in [0.2, 0.25) is 5.91 Å². The zero-order valence-electron chi connectivity index (χ0n) is 19.6. The smallest absolute Gasteiger partial charge is 0.329 e. The fourth-order valence-electron chi connectivity index (χ4n) is 4.72. The van der Waals surface area contributed by atoms with Crippen LogP contribution in [0.1, 0.15) is 55.5 Å². The summed E-state index contributed by atoms with van der Waals surface area (Å²) < 4.78 is 3.38. The molecule has 1 aliphatic heterocycles. The maximum absolute atomic E-state index is 12.9. The molecule has 1 N–H and O–H groups in total. The summed E-state index contributed by atoms with van der Waals surface area (Å²) in [5, 5.41) is 2.94. The number of anilines is 1. The molecule has 1 atom stereocenters. The Hall–Kier alpha value is -3.35. The average Bonchev–Trinajstić information content (AvgIpc) is 3.09. The van der Waals surface area contributed by atoms with E-state index in [0.717, 1.165) is 36.0 Å². The maximum Gasteiger partial charge on any atom is 0.329 e. The minimum absolute atomic E-state index is 0.0508. The Morgan fingerprint density at radius 1 is 1.06 bits per heavy atom. The highest BCUT2D eigenvalue weighted by Gasteiger charge is 2.24. The van der Waals surface area contributed by atoms with E-state index in [1.54, 1.807) is 21.3 Å². The SMILES string of the molecule is CCn1c(=O)n(CCC(=O)Nc2ccc(C(=O)N3CCCCC3C)cc2C)c2ccccc21. The van der Waals surface area contributed by atoms with Gasteiger partial charge in [-0.2, -0.15) is 0 Å². The number of piperidine rings is 1. The minimum Gasteiger partial charge on any atom is -0.336 e. The van der Waals surface area contributed by atoms with Crippen LogP contribution in [0.2, 0.25) is 0 Å². The van der Waals surface area contributed by atoms with Crippen LogP contribution in [0.4, 0.5) is 5.69 Å². The number of hydrogen-bond acceptors (Lipinski definition) is 3. The van der Waals surface area contributed by atoms with E-state index < -0.39 is 0 Å². The summed E-state index contributed by atoms with van der Waals surface area (Å²) in [5.41, 5.74) is 3.80. The molecule has 0 spiro atoms. The Kier molecular flexibility index (Phi) is 6.67. The number of para-hydroxylation sites is 2. The lowest BCUT2D eigenvalue weighted by Crippen LogP contribution is -2.42. The minimum atomic E-state index is -0.165. The summed E-state index contributed by atoms with van der Waals surface area (Å²) in [5.74, 6) is -0.114. The van der Waals surface area contributed by atoms with Crippen molar-refractivity contribution in [3.05, 3.63) is 64.1 Å². The highest BCUT2D eigenvalue weighted by molar-refractivity contribution is 5.96. The molecule has 3 aromatic rings. The molecule has 4 rings (SSSR count). The van der Waals surface area contributed by atoms with Crippen LogP contribution < -0.4 is 11.0 Å². The highest BCUT2D eigenvalue weighted by Crippen LogP contribution is 2.22. The zero-order chi connectivity index (χ0) is 23.5. The molecule has 0 bridgehead atoms. The van der Waals surface area contributed by atoms with Gasteiger partial charge in [-0.3, -0.25) is 18.7 Å². The summed E-state index contributed by atoms with van der Waals surface area (Å²) in [6.07, 6.45) is 3.44. The maximum atomic E-state index is 12.9. The second-order valence-corrected chi connectivity index (χ2v) is 8.84. The van der Waals surface area contributed by atoms with Gasteiger partial charge in [0.15, 0.2) is 0 Å². The number of amides is 2. The Bertz CT molecular complexity index is 1240. The molecule has 1 aliphatic rings. The average molecular weight is 449 g/mol. The first-order chi connectivity index (χ1) is 15.9. The van der Waals surface area contributed by atoms with Gasteiger partial charge < -0.3 is 10.2 Å². The number of hydrogen-bond donors (Lipinski definition) is 1. The van der Waals surface area contributed by atoms with Gasteiger partial charge in [-0.15, -0.1) is 0 Å². The number of rotatable bonds is 6. The van der Waals surface area contributed by atoms with Gasteiger partial charge in [0.05, 0.1) is 11.0 Å². The van der Waals surface area contributed by atoms with Gasteiger partial charge >= 0.3 is 5.69 Å². The number of aromatic nitrogens is 2. The van der Waals surface area contributed by atoms with Crippen LogP contribution >= 0.6 is 0 Å². The zero-order valence-corrected chi connectivity index (χ0v) is 19.6. The topological polar surface area (TPSA) is 76.3 Å². The molecule has 0 radical (unpaired) electrons. The third-order valence-corrected chi connectivity index (χ3v) is 6.62. The van der Waals surface area contributed by atoms with Crippen molar-refractivity contribution in [2.75, 3.05) is 11.9 Å². The van der Waals surface area contributed by atoms with Gasteiger partial charge in [-0.25, -0.2) is 4.79 Å². The number of nitrogens with one attached hydrogen (secondary N) is 1. The monoisotopic (exact) mass is 448 g/mol. The first-order valence-corrected chi connectivity index (χ1v) is 11.8. The van der Waals surface area contributed by atoms with E-state index in [1.807, 2.05) is 49.1 Å². The van der Waals surface area contributed by atoms with Crippen molar-refractivity contribution < 1.29 is 9.59 Å². The molecule has 1 fully saturated rings. The van der Waals surface area contributed by atoms with Crippen LogP contribution in [0.5, 0.6) is 0 Å². The molecule has 0 saturated carbocycles. The van der Waals surface area contributed by atoms with E-state index in [2.05, 4.69) is 12.2 Å². The number of imidazole rings is 1. The first kappa shape index (κ1) is 22.8. The quantitative estimate of drug-likeness (QED) is 0.615. The lowest BCUT2D eigenvalue weighted by molar-refractivity contribution is -0.116. The lowest BCUT2D eigenvalue weighted by atomic mass is 10.0. The van der Waals surface area contributed by atoms with Crippen molar-refractivity contribution in [1.29, 1.82) is 0 Å². The molecule has 174 valence electrons. The van der Waals surface area contributed by atoms with Crippen LogP contribution in [-0.4, -0.2) is 38.4 Å². The predicted octanol–water partition coefficient (Wildman–Crippen LogP) is 4.17. The molecule has 7 heteroatoms. The van der Waals surface area contributed by atoms with Gasteiger partial charge in [0.25, 0.3) is 5.91 Å². The van der Waals surface area contributed by atoms with Crippen molar-refractivity contribution in [3.8, 4) is 0 Å². The molecular weight excluding hydrogens is 416 g/mol. The van der Waals surface area contributed by atoms with E-state index in [1.165, 1.54) is 6.42 Å². The number of aryl methyl sites for hydroxylation is 3. The van der Waals surface area contributed by atoms with Gasteiger partial charge in [-0.1, -0.05) is 12.1 Å². The van der Waals surface area contributed by atoms with Gasteiger partial charge in [0, 0.05) is 43.3 Å². The van der Waals surface area contributed by atoms with Crippen molar-refractivity contribution in [1.82, 2.24) is 14.0 Å². The lowest BCUT2D eigenvalue weighted by Gasteiger charge is -2.33. The number of likely N-dealkylation sites (tertiary alicyclic amines) is 1. The first-order valence-electron chi connectivity index (χ1n) is 11.8. The molecular formula is C26H32N4O3. The highest BCUT2D eigenvalue weighted by atomic mass is 16.2. The standard InChI is InChI=1S/C26H32N4O3/c1-4-28-22-10-5-6-11-23(22)30(26(28)33)16-14-24(31)27-21-13-12-20(17-18(21)2)25(32)29-15-8-7-9-19(29)3/h5-6,10-13,17,19H,4,7-9,14-16H2,1-3H3,(H,27,31). The fourth-order valence-corrected chi connectivity index (χ4v) is 4.72. The molecule has 2 aromatic carbocycles. The number of fused-ring (bicyclic) bond motifs is 1. The van der Waals surface area contributed by atoms with Crippen molar-refractivity contribution in [2.24, 2.45) is 0 Å². The third kappa shape index (κ3) is 4.58. The largest absolute Gasteiger partial charge is 0.336 e. The molecule has 0 aliphatic carbocycles. The Morgan fingerprint density at radius 3 is 2.45 bits per heavy atom. The van der Waals surface area contributed by atoms with E-state index in [9.17, 15) is 14.4 Å². The van der Waals surface area contributed by atoms with Crippen LogP contribution in [0.25, 0.3) is 11.0 Å². The second-order valence-electron chi connectivity index (χ2n) is 8.84. The summed E-state index contributed by atoms with van der Waals surface area (Å²) in [7, 11) is 0. The van der Waals surface area contributed by atoms with E-state index in [0.29, 0.717) is 24.3 Å². The van der Waals surface area contributed by atoms with E-state index in [-0.39, 0.29) is 30.0 Å². The molecule has 33 heavy (non-hydrogen) atoms. The molecule has 1 unspecified atom stereocenters. The summed E-state index contributed by atoms with van der Waals surface area (Å²) in [6, 6.07) is 13.3. The van der Waals surface area contributed by atoms with Crippen LogP contribution in [0, 0.1) is 6.92 Å². The predicted molar refractivity (Wildman–Crippen MR) is 131 cm³/mol. The number of carbonyl (C=O) groups is 2. The Morgan fingerprint density at radius 2 is 1.79 bits per heavy atom. The Labute approximate surface area is 194 Å². The molecule has 1 aromatic heterocycles. The molecule has 1 saturated heterocycles. The normalized spacial score (nSPS) is 16.2. The summed E-state index contributed by atoms with van der Waals surface area (Å²) in [6.45, 7) is 7.62. The number of nitrogens with zero attached hydrogens (tertiary/aromatic N) is 3. The molecule has 7 nitrogen and oxygen atoms in total. The molecule has 2 amide bonds. The van der Waals surface area contributed by atoms with Crippen molar-refractivity contribution in [3.63, 3.8) is 0 Å². The summed E-state index contributed by atoms with van der Waals surface area (Å²) >= 11 is 0. The van der Waals surface area contributed by atoms with Crippen molar-refractivity contribution in [2.45, 2.75) is 65.6 Å². The van der Waals surface area contributed by atoms with E-state index >= 15 is 0 Å². The fraction of sp³-hybridized carbons (Fsp3) is 0.423. The second kappa shape index (κ2) is 9.65. The van der Waals surface area contributed by atoms with Crippen molar-refractivity contribution >= 4 is 28.5 Å². The van der Waals surface area contributed by atoms with Gasteiger partial charge in [0.1, 0.15) is 0 Å².